The van der Waals surface area contributed by atoms with Crippen molar-refractivity contribution >= 4 is 46.0 Å². The van der Waals surface area contributed by atoms with Crippen molar-refractivity contribution < 1.29 is 50.6 Å². The lowest BCUT2D eigenvalue weighted by Gasteiger charge is -2.28. The van der Waals surface area contributed by atoms with Crippen LogP contribution < -0.4 is 35.6 Å². The molecule has 13 nitrogen and oxygen atoms in total. The second-order valence-electron chi connectivity index (χ2n) is 15.2. The summed E-state index contributed by atoms with van der Waals surface area (Å²) < 4.78 is 83.9. The van der Waals surface area contributed by atoms with E-state index in [0.29, 0.717) is 35.7 Å². The number of anilines is 2. The predicted molar refractivity (Wildman–Crippen MR) is 237 cm³/mol. The van der Waals surface area contributed by atoms with E-state index in [9.17, 15) is 45.9 Å². The first kappa shape index (κ1) is 48.0. The summed E-state index contributed by atoms with van der Waals surface area (Å²) in [7, 11) is 2.92. The number of para-hydroxylation sites is 2. The minimum absolute atomic E-state index is 0.00185. The molecule has 0 bridgehead atoms. The molecule has 6 aromatic rings. The number of carbonyl (C=O) groups is 4. The molecule has 0 aliphatic carbocycles. The molecule has 66 heavy (non-hydrogen) atoms. The molecule has 0 saturated carbocycles. The topological polar surface area (TPSA) is 144 Å². The zero-order valence-corrected chi connectivity index (χ0v) is 36.2. The monoisotopic (exact) mass is 914 g/mol. The number of nitrogens with zero attached hydrogens (tertiary/aromatic N) is 4. The molecular weight excluding hydrogens is 868 g/mol. The van der Waals surface area contributed by atoms with E-state index >= 15 is 0 Å². The Morgan fingerprint density at radius 3 is 1.32 bits per heavy atom. The van der Waals surface area contributed by atoms with Crippen molar-refractivity contribution in [3.05, 3.63) is 154 Å². The van der Waals surface area contributed by atoms with Crippen LogP contribution in [0.15, 0.2) is 114 Å². The summed E-state index contributed by atoms with van der Waals surface area (Å²) in [6.07, 6.45) is -0.243. The molecule has 18 heteroatoms. The lowest BCUT2D eigenvalue weighted by Crippen LogP contribution is -2.52. The maximum Gasteiger partial charge on any atom is 0.330 e. The fourth-order valence-electron chi connectivity index (χ4n) is 7.62. The summed E-state index contributed by atoms with van der Waals surface area (Å²) in [5.41, 5.74) is 0.362. The third kappa shape index (κ3) is 11.8. The van der Waals surface area contributed by atoms with Crippen molar-refractivity contribution in [2.75, 3.05) is 43.8 Å². The van der Waals surface area contributed by atoms with Crippen molar-refractivity contribution in [1.82, 2.24) is 19.8 Å². The Kier molecular flexibility index (Phi) is 15.9. The second-order valence-corrected chi connectivity index (χ2v) is 15.2. The number of ether oxygens (including phenoxy) is 2. The van der Waals surface area contributed by atoms with Gasteiger partial charge in [0.05, 0.1) is 31.8 Å². The van der Waals surface area contributed by atoms with Crippen LogP contribution in [-0.4, -0.2) is 78.8 Å². The van der Waals surface area contributed by atoms with E-state index in [4.69, 9.17) is 9.47 Å². The molecular formula is C48H47F5N6O7. The first-order chi connectivity index (χ1) is 31.7. The molecule has 4 amide bonds. The van der Waals surface area contributed by atoms with Crippen LogP contribution in [0.3, 0.4) is 0 Å². The number of alkyl halides is 1. The Morgan fingerprint density at radius 2 is 0.970 bits per heavy atom. The number of carbonyl (C=O) groups excluding carboxylic acids is 4. The highest BCUT2D eigenvalue weighted by Gasteiger charge is 2.31. The van der Waals surface area contributed by atoms with E-state index < -0.39 is 97.4 Å². The Morgan fingerprint density at radius 1 is 0.591 bits per heavy atom. The minimum Gasteiger partial charge on any atom is -0.497 e. The van der Waals surface area contributed by atoms with Crippen LogP contribution in [0.5, 0.6) is 11.5 Å². The van der Waals surface area contributed by atoms with Crippen molar-refractivity contribution in [3.8, 4) is 11.5 Å². The largest absolute Gasteiger partial charge is 0.497 e. The van der Waals surface area contributed by atoms with Crippen LogP contribution in [0.1, 0.15) is 24.5 Å². The van der Waals surface area contributed by atoms with Crippen LogP contribution >= 0.6 is 0 Å². The third-order valence-corrected chi connectivity index (χ3v) is 10.6. The first-order valence-electron chi connectivity index (χ1n) is 20.8. The van der Waals surface area contributed by atoms with Gasteiger partial charge in [0, 0.05) is 42.9 Å². The van der Waals surface area contributed by atoms with Crippen molar-refractivity contribution in [2.45, 2.75) is 51.4 Å². The number of amides is 4. The summed E-state index contributed by atoms with van der Waals surface area (Å²) in [4.78, 5) is 73.0. The number of rotatable bonds is 20. The van der Waals surface area contributed by atoms with Crippen molar-refractivity contribution in [3.63, 3.8) is 0 Å². The van der Waals surface area contributed by atoms with Gasteiger partial charge >= 0.3 is 5.69 Å². The summed E-state index contributed by atoms with van der Waals surface area (Å²) in [5.74, 6) is -5.81. The summed E-state index contributed by atoms with van der Waals surface area (Å²) >= 11 is 0. The van der Waals surface area contributed by atoms with Crippen LogP contribution in [0.4, 0.5) is 33.3 Å². The lowest BCUT2D eigenvalue weighted by atomic mass is 10.0. The van der Waals surface area contributed by atoms with Crippen molar-refractivity contribution in [2.24, 2.45) is 0 Å². The SMILES string of the molecule is CCCN(C(=O)[C@H](Cc1cc(F)cc(F)c1)NC(=O)Cn1c(=O)n(CC(=O)N[C@@H](Cc2cc(F)cc(F)c2)C(=O)N(CCF)c2ccc(OC)cc2)c2ccccc21)c1ccc(OC)cc1. The number of hydrogen-bond donors (Lipinski definition) is 2. The zero-order chi connectivity index (χ0) is 47.5. The molecule has 346 valence electrons. The van der Waals surface area contributed by atoms with Crippen LogP contribution in [-0.2, 0) is 45.1 Å². The Labute approximate surface area is 376 Å². The fourth-order valence-corrected chi connectivity index (χ4v) is 7.62. The van der Waals surface area contributed by atoms with Gasteiger partial charge in [0.25, 0.3) is 0 Å². The summed E-state index contributed by atoms with van der Waals surface area (Å²) in [5, 5.41) is 5.22. The number of halogens is 5. The lowest BCUT2D eigenvalue weighted by molar-refractivity contribution is -0.128. The molecule has 0 aliphatic rings. The number of fused-ring (bicyclic) bond motifs is 1. The Bertz CT molecular complexity index is 2520. The molecule has 0 unspecified atom stereocenters. The van der Waals surface area contributed by atoms with Gasteiger partial charge in [0.15, 0.2) is 0 Å². The standard InChI is InChI=1S/C48H47F5N6O7/c1-4-18-56(36-9-13-38(65-2)14-10-36)46(62)40(24-30-20-32(50)26-33(51)21-30)54-44(60)28-58-42-7-5-6-8-43(42)59(48(58)64)29-45(61)55-41(25-31-22-34(52)27-35(53)23-31)47(63)57(19-17-49)37-11-15-39(66-3)16-12-37/h5-16,20-23,26-27,40-41H,4,17-19,24-25,28-29H2,1-3H3,(H,54,60)(H,55,61)/t40-,41-/m0/s1. The van der Waals surface area contributed by atoms with Gasteiger partial charge < -0.3 is 29.9 Å². The number of hydrogen-bond acceptors (Lipinski definition) is 7. The number of methoxy groups -OCH3 is 2. The maximum atomic E-state index is 14.4. The van der Waals surface area contributed by atoms with E-state index in [1.165, 1.54) is 43.4 Å². The number of nitrogens with one attached hydrogen (secondary N) is 2. The van der Waals surface area contributed by atoms with Gasteiger partial charge in [-0.2, -0.15) is 0 Å². The molecule has 6 rings (SSSR count). The van der Waals surface area contributed by atoms with Gasteiger partial charge in [-0.1, -0.05) is 19.1 Å². The maximum absolute atomic E-state index is 14.4. The molecule has 2 N–H and O–H groups in total. The fraction of sp³-hybridized carbons (Fsp3) is 0.271. The van der Waals surface area contributed by atoms with Crippen LogP contribution in [0.25, 0.3) is 11.0 Å². The summed E-state index contributed by atoms with van der Waals surface area (Å²) in [6.45, 7) is -0.736. The first-order valence-corrected chi connectivity index (χ1v) is 20.8. The molecule has 1 heterocycles. The highest BCUT2D eigenvalue weighted by atomic mass is 19.1. The van der Waals surface area contributed by atoms with Gasteiger partial charge in [-0.3, -0.25) is 28.3 Å². The van der Waals surface area contributed by atoms with E-state index in [2.05, 4.69) is 10.6 Å². The second kappa shape index (κ2) is 21.9. The molecule has 5 aromatic carbocycles. The Hall–Kier alpha value is -7.50. The Balaban J connectivity index is 1.28. The van der Waals surface area contributed by atoms with Crippen molar-refractivity contribution in [1.29, 1.82) is 0 Å². The average Bonchev–Trinajstić information content (AvgIpc) is 3.54. The van der Waals surface area contributed by atoms with E-state index in [-0.39, 0.29) is 40.8 Å². The smallest absolute Gasteiger partial charge is 0.330 e. The molecule has 0 radical (unpaired) electrons. The summed E-state index contributed by atoms with van der Waals surface area (Å²) in [6, 6.07) is 21.4. The number of aromatic nitrogens is 2. The minimum atomic E-state index is -1.52. The highest BCUT2D eigenvalue weighted by molar-refractivity contribution is 6.00. The van der Waals surface area contributed by atoms with Crippen LogP contribution in [0, 0.1) is 23.3 Å². The van der Waals surface area contributed by atoms with E-state index in [1.54, 1.807) is 48.5 Å². The molecule has 2 atom stereocenters. The third-order valence-electron chi connectivity index (χ3n) is 10.6. The molecule has 0 spiro atoms. The van der Waals surface area contributed by atoms with Gasteiger partial charge in [0.1, 0.15) is 66.6 Å². The molecule has 1 aromatic heterocycles. The van der Waals surface area contributed by atoms with E-state index in [0.717, 1.165) is 38.3 Å². The predicted octanol–water partition coefficient (Wildman–Crippen LogP) is 6.28. The van der Waals surface area contributed by atoms with Gasteiger partial charge in [-0.25, -0.2) is 26.7 Å². The normalized spacial score (nSPS) is 12.0. The molecule has 0 fully saturated rings. The van der Waals surface area contributed by atoms with E-state index in [1.807, 2.05) is 6.92 Å². The number of imidazole rings is 1. The molecule has 0 saturated heterocycles. The van der Waals surface area contributed by atoms with Gasteiger partial charge in [-0.15, -0.1) is 0 Å². The van der Waals surface area contributed by atoms with Gasteiger partial charge in [0.2, 0.25) is 23.6 Å². The van der Waals surface area contributed by atoms with Gasteiger partial charge in [-0.05, 0) is 102 Å². The highest BCUT2D eigenvalue weighted by Crippen LogP contribution is 2.24. The van der Waals surface area contributed by atoms with Crippen LogP contribution in [0.2, 0.25) is 0 Å². The molecule has 0 aliphatic heterocycles. The zero-order valence-electron chi connectivity index (χ0n) is 36.2. The quantitative estimate of drug-likeness (QED) is 0.0859. The average molecular weight is 915 g/mol. The number of benzene rings is 5.